The number of carbonyl (C=O) groups is 6. The van der Waals surface area contributed by atoms with Crippen LogP contribution in [0.4, 0.5) is 10.5 Å². The number of ether oxygens (including phenoxy) is 8. The lowest BCUT2D eigenvalue weighted by molar-refractivity contribution is -0.179. The highest BCUT2D eigenvalue weighted by Gasteiger charge is 2.76. The molecule has 5 aromatic rings. The smallest absolute Gasteiger partial charge is 0.421 e. The van der Waals surface area contributed by atoms with E-state index in [1.807, 2.05) is 83.8 Å². The Morgan fingerprint density at radius 1 is 0.756 bits per heavy atom. The number of hydrogen-bond acceptors (Lipinski definition) is 17. The fourth-order valence-electron chi connectivity index (χ4n) is 11.6. The Morgan fingerprint density at radius 3 is 2.15 bits per heavy atom. The number of hydrogen-bond donors (Lipinski definition) is 1. The number of rotatable bonds is 15. The zero-order valence-electron chi connectivity index (χ0n) is 43.2. The first-order valence-corrected chi connectivity index (χ1v) is 25.6. The van der Waals surface area contributed by atoms with E-state index in [-0.39, 0.29) is 75.3 Å². The number of methoxy groups -OCH3 is 3. The highest BCUT2D eigenvalue weighted by molar-refractivity contribution is 6.23. The second kappa shape index (κ2) is 23.1. The molecule has 3 fully saturated rings. The number of para-hydroxylation sites is 1. The molecule has 5 aliphatic heterocycles. The molecule has 78 heavy (non-hydrogen) atoms. The van der Waals surface area contributed by atoms with Gasteiger partial charge in [0.2, 0.25) is 18.6 Å². The van der Waals surface area contributed by atoms with Crippen LogP contribution < -0.4 is 19.1 Å². The molecule has 5 heterocycles. The SMILES string of the molecule is COCCOC(=O)N1C(=O)[C@@]2(c3cc(C#CCC(C(=O)OC)C(=O)OC)ccc31)[C@H](C(=O)N1CCN(Cc3ccc4c(c3)OCO4)CC1)[C@H]1C(=O)O[C@H](c3ccccc3)[C@H](c3ccccc3)N1[C@@H]2c1ccccc1OCCO. The van der Waals surface area contributed by atoms with Gasteiger partial charge in [-0.2, -0.15) is 0 Å². The van der Waals surface area contributed by atoms with Crippen LogP contribution in [0.5, 0.6) is 17.2 Å². The molecule has 5 aliphatic rings. The molecule has 10 rings (SSSR count). The Labute approximate surface area is 450 Å². The average molecular weight is 1060 g/mol. The summed E-state index contributed by atoms with van der Waals surface area (Å²) in [7, 11) is 3.73. The largest absolute Gasteiger partial charge is 0.491 e. The lowest BCUT2D eigenvalue weighted by atomic mass is 9.64. The quantitative estimate of drug-likeness (QED) is 0.0465. The third-order valence-corrected chi connectivity index (χ3v) is 15.0. The molecule has 1 N–H and O–H groups in total. The Morgan fingerprint density at radius 2 is 1.45 bits per heavy atom. The van der Waals surface area contributed by atoms with Crippen molar-refractivity contribution in [1.82, 2.24) is 14.7 Å². The van der Waals surface area contributed by atoms with Gasteiger partial charge in [-0.05, 0) is 58.7 Å². The van der Waals surface area contributed by atoms with Crippen LogP contribution in [-0.2, 0) is 59.6 Å². The van der Waals surface area contributed by atoms with Crippen molar-refractivity contribution in [2.75, 3.05) is 85.6 Å². The van der Waals surface area contributed by atoms with Crippen molar-refractivity contribution in [3.63, 3.8) is 0 Å². The summed E-state index contributed by atoms with van der Waals surface area (Å²) in [4.78, 5) is 95.9. The Kier molecular flexibility index (Phi) is 15.8. The van der Waals surface area contributed by atoms with Crippen LogP contribution in [-0.4, -0.2) is 142 Å². The van der Waals surface area contributed by atoms with E-state index in [9.17, 15) is 19.5 Å². The second-order valence-electron chi connectivity index (χ2n) is 19.2. The number of cyclic esters (lactones) is 1. The maximum atomic E-state index is 16.8. The van der Waals surface area contributed by atoms with Gasteiger partial charge in [-0.15, -0.1) is 0 Å². The third kappa shape index (κ3) is 9.76. The molecule has 404 valence electrons. The molecule has 0 bridgehead atoms. The number of amides is 3. The summed E-state index contributed by atoms with van der Waals surface area (Å²) in [5.41, 5.74) is 0.966. The van der Waals surface area contributed by atoms with Crippen molar-refractivity contribution in [3.05, 3.63) is 155 Å². The van der Waals surface area contributed by atoms with Gasteiger partial charge >= 0.3 is 24.0 Å². The summed E-state index contributed by atoms with van der Waals surface area (Å²) >= 11 is 0. The van der Waals surface area contributed by atoms with Gasteiger partial charge in [0, 0.05) is 57.4 Å². The molecule has 3 saturated heterocycles. The predicted octanol–water partition coefficient (Wildman–Crippen LogP) is 5.28. The first-order valence-electron chi connectivity index (χ1n) is 25.6. The van der Waals surface area contributed by atoms with Crippen LogP contribution in [0.25, 0.3) is 0 Å². The zero-order valence-corrected chi connectivity index (χ0v) is 43.2. The van der Waals surface area contributed by atoms with Gasteiger partial charge in [-0.1, -0.05) is 96.8 Å². The third-order valence-electron chi connectivity index (χ3n) is 15.0. The first-order chi connectivity index (χ1) is 38.0. The highest BCUT2D eigenvalue weighted by Crippen LogP contribution is 2.67. The predicted molar refractivity (Wildman–Crippen MR) is 278 cm³/mol. The van der Waals surface area contributed by atoms with E-state index in [4.69, 9.17) is 37.9 Å². The maximum absolute atomic E-state index is 16.8. The summed E-state index contributed by atoms with van der Waals surface area (Å²) in [5.74, 6) is 0.611. The topological polar surface area (TPSA) is 209 Å². The molecule has 0 aliphatic carbocycles. The van der Waals surface area contributed by atoms with Crippen molar-refractivity contribution in [1.29, 1.82) is 0 Å². The van der Waals surface area contributed by atoms with Crippen molar-refractivity contribution in [2.24, 2.45) is 11.8 Å². The molecule has 19 nitrogen and oxygen atoms in total. The number of imide groups is 1. The Balaban J connectivity index is 1.20. The Hall–Kier alpha value is -8.28. The van der Waals surface area contributed by atoms with E-state index in [2.05, 4.69) is 16.7 Å². The molecule has 1 spiro atoms. The molecule has 5 aromatic carbocycles. The zero-order chi connectivity index (χ0) is 54.5. The van der Waals surface area contributed by atoms with E-state index < -0.39 is 77.3 Å². The molecule has 19 heteroatoms. The molecule has 6 atom stereocenters. The number of morpholine rings is 1. The monoisotopic (exact) mass is 1060 g/mol. The van der Waals surface area contributed by atoms with Crippen molar-refractivity contribution < 1.29 is 71.8 Å². The molecular formula is C59H58N4O15. The normalized spacial score (nSPS) is 22.3. The van der Waals surface area contributed by atoms with E-state index in [1.54, 1.807) is 41.3 Å². The van der Waals surface area contributed by atoms with Crippen LogP contribution in [0.3, 0.4) is 0 Å². The minimum atomic E-state index is -2.20. The van der Waals surface area contributed by atoms with Gasteiger partial charge in [0.15, 0.2) is 17.4 Å². The molecule has 0 saturated carbocycles. The molecule has 3 amide bonds. The van der Waals surface area contributed by atoms with E-state index in [0.717, 1.165) is 24.7 Å². The van der Waals surface area contributed by atoms with E-state index in [1.165, 1.54) is 13.2 Å². The number of nitrogens with zero attached hydrogens (tertiary/aromatic N) is 4. The van der Waals surface area contributed by atoms with Gasteiger partial charge in [-0.25, -0.2) is 9.69 Å². The number of benzene rings is 5. The number of carbonyl (C=O) groups excluding carboxylic acids is 6. The lowest BCUT2D eigenvalue weighted by Gasteiger charge is -2.46. The van der Waals surface area contributed by atoms with Crippen molar-refractivity contribution in [3.8, 4) is 29.1 Å². The number of aliphatic hydroxyl groups is 1. The number of anilines is 1. The molecule has 0 unspecified atom stereocenters. The van der Waals surface area contributed by atoms with Crippen LogP contribution in [0, 0.1) is 23.7 Å². The summed E-state index contributed by atoms with van der Waals surface area (Å²) in [5, 5.41) is 10.2. The van der Waals surface area contributed by atoms with E-state index in [0.29, 0.717) is 47.8 Å². The van der Waals surface area contributed by atoms with E-state index >= 15 is 14.4 Å². The first kappa shape index (κ1) is 53.1. The fraction of sp³-hybridized carbons (Fsp3) is 0.356. The number of aliphatic hydroxyl groups excluding tert-OH is 1. The van der Waals surface area contributed by atoms with Crippen molar-refractivity contribution in [2.45, 2.75) is 42.6 Å². The second-order valence-corrected chi connectivity index (χ2v) is 19.2. The van der Waals surface area contributed by atoms with Crippen LogP contribution in [0.1, 0.15) is 58.0 Å². The van der Waals surface area contributed by atoms with Gasteiger partial charge in [0.25, 0.3) is 0 Å². The minimum Gasteiger partial charge on any atom is -0.491 e. The highest BCUT2D eigenvalue weighted by atomic mass is 16.7. The summed E-state index contributed by atoms with van der Waals surface area (Å²) in [6, 6.07) is 32.3. The molecular weight excluding hydrogens is 1000 g/mol. The molecule has 0 aromatic heterocycles. The van der Waals surface area contributed by atoms with Gasteiger partial charge < -0.3 is 47.9 Å². The molecule has 0 radical (unpaired) electrons. The summed E-state index contributed by atoms with van der Waals surface area (Å²) in [6.45, 7) is 1.15. The van der Waals surface area contributed by atoms with Gasteiger partial charge in [0.05, 0.1) is 51.1 Å². The van der Waals surface area contributed by atoms with Crippen LogP contribution in [0.15, 0.2) is 121 Å². The Bertz CT molecular complexity index is 3120. The standard InChI is InChI=1S/C59H58N4O15/c1-71-31-32-75-58(70)62-44-23-21-37(13-12-19-42(54(66)72-2)55(67)73-3)33-43(44)59(57(62)69)48(53(65)61-27-25-60(26-28-61)35-38-22-24-46-47(34-38)77-36-76-46)50-56(68)78-51(40-16-8-5-9-17-40)49(39-14-6-4-7-15-39)63(50)52(59)41-18-10-11-20-45(41)74-30-29-64/h4-11,14-18,20-24,33-34,42,48-52,64H,19,25-32,35-36H2,1-3H3/t48-,49-,50-,51+,52+,59-/m0/s1. The minimum absolute atomic E-state index is 0.000285. The van der Waals surface area contributed by atoms with Crippen molar-refractivity contribution >= 4 is 41.5 Å². The van der Waals surface area contributed by atoms with Crippen LogP contribution in [0.2, 0.25) is 0 Å². The maximum Gasteiger partial charge on any atom is 0.421 e. The fourth-order valence-corrected chi connectivity index (χ4v) is 11.6. The number of fused-ring (bicyclic) bond motifs is 4. The average Bonchev–Trinajstić information content (AvgIpc) is 3.13. The van der Waals surface area contributed by atoms with Gasteiger partial charge in [0.1, 0.15) is 36.5 Å². The van der Waals surface area contributed by atoms with Crippen LogP contribution >= 0.6 is 0 Å². The lowest BCUT2D eigenvalue weighted by Crippen LogP contribution is -2.59. The number of esters is 3. The number of piperazine rings is 1. The summed E-state index contributed by atoms with van der Waals surface area (Å²) in [6.07, 6.45) is -2.37. The summed E-state index contributed by atoms with van der Waals surface area (Å²) < 4.78 is 44.9. The van der Waals surface area contributed by atoms with Gasteiger partial charge in [-0.3, -0.25) is 33.8 Å².